The van der Waals surface area contributed by atoms with Gasteiger partial charge in [-0.05, 0) is 24.7 Å². The molecule has 1 atom stereocenters. The summed E-state index contributed by atoms with van der Waals surface area (Å²) in [6, 6.07) is 7.33. The molecule has 2 aromatic heterocycles. The highest BCUT2D eigenvalue weighted by atomic mass is 32.1. The van der Waals surface area contributed by atoms with E-state index in [1.807, 2.05) is 41.1 Å². The Morgan fingerprint density at radius 1 is 1.35 bits per heavy atom. The van der Waals surface area contributed by atoms with Crippen molar-refractivity contribution in [3.05, 3.63) is 69.7 Å². The van der Waals surface area contributed by atoms with Gasteiger partial charge in [0.25, 0.3) is 0 Å². The van der Waals surface area contributed by atoms with Gasteiger partial charge < -0.3 is 10.6 Å². The van der Waals surface area contributed by atoms with E-state index in [1.165, 1.54) is 18.3 Å². The molecule has 10 heteroatoms. The minimum Gasteiger partial charge on any atom is -0.349 e. The Bertz CT molecular complexity index is 1130. The van der Waals surface area contributed by atoms with Crippen LogP contribution in [0, 0.1) is 11.7 Å². The smallest absolute Gasteiger partial charge is 0.228 e. The van der Waals surface area contributed by atoms with E-state index in [0.29, 0.717) is 22.9 Å². The molecule has 3 N–H and O–H groups in total. The molecule has 0 saturated carbocycles. The van der Waals surface area contributed by atoms with Gasteiger partial charge in [-0.3, -0.25) is 19.3 Å². The number of anilines is 1. The van der Waals surface area contributed by atoms with Crippen LogP contribution in [0.3, 0.4) is 0 Å². The lowest BCUT2D eigenvalue weighted by Crippen LogP contribution is -2.29. The molecule has 162 valence electrons. The topological polar surface area (TPSA) is 105 Å². The quantitative estimate of drug-likeness (QED) is 0.336. The number of amides is 2. The number of H-pyrrole nitrogens is 1. The molecule has 31 heavy (non-hydrogen) atoms. The van der Waals surface area contributed by atoms with E-state index in [9.17, 15) is 9.59 Å². The number of aromatic amines is 1. The number of aryl methyl sites for hydroxylation is 1. The van der Waals surface area contributed by atoms with E-state index in [4.69, 9.17) is 12.2 Å². The summed E-state index contributed by atoms with van der Waals surface area (Å²) in [5, 5.41) is 15.1. The van der Waals surface area contributed by atoms with Crippen molar-refractivity contribution in [2.45, 2.75) is 39.3 Å². The van der Waals surface area contributed by atoms with Crippen molar-refractivity contribution in [1.82, 2.24) is 25.1 Å². The van der Waals surface area contributed by atoms with Gasteiger partial charge in [0, 0.05) is 18.8 Å². The number of rotatable bonds is 9. The molecule has 3 rings (SSSR count). The number of allylic oxidation sites excluding steroid dienone is 1. The molecule has 1 unspecified atom stereocenters. The van der Waals surface area contributed by atoms with Gasteiger partial charge in [-0.1, -0.05) is 35.9 Å². The first-order valence-corrected chi connectivity index (χ1v) is 11.0. The first-order valence-electron chi connectivity index (χ1n) is 9.68. The molecule has 0 aliphatic rings. The third-order valence-electron chi connectivity index (χ3n) is 4.53. The van der Waals surface area contributed by atoms with Crippen LogP contribution in [0.2, 0.25) is 0 Å². The molecule has 2 heterocycles. The summed E-state index contributed by atoms with van der Waals surface area (Å²) in [7, 11) is 0. The van der Waals surface area contributed by atoms with E-state index >= 15 is 0 Å². The highest BCUT2D eigenvalue weighted by Crippen LogP contribution is 2.21. The van der Waals surface area contributed by atoms with E-state index < -0.39 is 6.04 Å². The van der Waals surface area contributed by atoms with Gasteiger partial charge in [0.2, 0.25) is 11.8 Å². The van der Waals surface area contributed by atoms with Gasteiger partial charge in [0.05, 0.1) is 24.6 Å². The van der Waals surface area contributed by atoms with Gasteiger partial charge >= 0.3 is 0 Å². The Balaban J connectivity index is 1.65. The van der Waals surface area contributed by atoms with Crippen LogP contribution in [-0.2, 0) is 22.6 Å². The normalized spacial score (nSPS) is 11.7. The molecular formula is C21H24N6O2S2. The first kappa shape index (κ1) is 22.6. The van der Waals surface area contributed by atoms with Crippen LogP contribution in [-0.4, -0.2) is 31.6 Å². The van der Waals surface area contributed by atoms with Gasteiger partial charge in [0.15, 0.2) is 9.90 Å². The number of aromatic nitrogens is 4. The predicted molar refractivity (Wildman–Crippen MR) is 124 cm³/mol. The molecule has 1 aromatic carbocycles. The Hall–Kier alpha value is -3.11. The van der Waals surface area contributed by atoms with Crippen molar-refractivity contribution < 1.29 is 9.59 Å². The first-order chi connectivity index (χ1) is 14.9. The highest BCUT2D eigenvalue weighted by molar-refractivity contribution is 7.71. The number of thiazole rings is 1. The van der Waals surface area contributed by atoms with E-state index in [-0.39, 0.29) is 18.2 Å². The fraction of sp³-hybridized carbons (Fsp3) is 0.286. The van der Waals surface area contributed by atoms with Crippen LogP contribution in [0.4, 0.5) is 5.13 Å². The maximum absolute atomic E-state index is 12.6. The summed E-state index contributed by atoms with van der Waals surface area (Å²) in [6.45, 7) is 7.72. The molecule has 0 aliphatic carbocycles. The molecule has 0 bridgehead atoms. The number of hydrogen-bond acceptors (Lipinski definition) is 6. The number of carbonyl (C=O) groups is 2. The number of carbonyl (C=O) groups excluding carboxylic acids is 2. The summed E-state index contributed by atoms with van der Waals surface area (Å²) in [6.07, 6.45) is 2.34. The fourth-order valence-electron chi connectivity index (χ4n) is 3.06. The van der Waals surface area contributed by atoms with E-state index in [1.54, 1.807) is 6.08 Å². The third-order valence-corrected chi connectivity index (χ3v) is 5.65. The van der Waals surface area contributed by atoms with Crippen molar-refractivity contribution in [3.8, 4) is 0 Å². The largest absolute Gasteiger partial charge is 0.349 e. The van der Waals surface area contributed by atoms with Crippen molar-refractivity contribution in [3.63, 3.8) is 0 Å². The molecule has 0 spiro atoms. The van der Waals surface area contributed by atoms with E-state index in [2.05, 4.69) is 32.4 Å². The summed E-state index contributed by atoms with van der Waals surface area (Å²) in [5.41, 5.74) is 2.76. The van der Waals surface area contributed by atoms with E-state index in [0.717, 1.165) is 22.6 Å². The zero-order valence-electron chi connectivity index (χ0n) is 17.3. The molecule has 8 nitrogen and oxygen atoms in total. The van der Waals surface area contributed by atoms with Crippen LogP contribution < -0.4 is 10.6 Å². The molecule has 0 radical (unpaired) electrons. The van der Waals surface area contributed by atoms with Gasteiger partial charge in [-0.25, -0.2) is 4.98 Å². The fourth-order valence-corrected chi connectivity index (χ4v) is 4.01. The average molecular weight is 457 g/mol. The molecule has 3 aromatic rings. The SMILES string of the molecule is C=CCn1c(Cc2csc(NC(=O)CC(NC(C)=O)c3ccc(C)cc3)n2)n[nH]c1=S. The Morgan fingerprint density at radius 2 is 2.10 bits per heavy atom. The number of benzene rings is 1. The van der Waals surface area contributed by atoms with Gasteiger partial charge in [-0.15, -0.1) is 17.9 Å². The van der Waals surface area contributed by atoms with Crippen LogP contribution in [0.15, 0.2) is 42.3 Å². The molecular weight excluding hydrogens is 432 g/mol. The lowest BCUT2D eigenvalue weighted by Gasteiger charge is -2.18. The van der Waals surface area contributed by atoms with Crippen molar-refractivity contribution in [2.75, 3.05) is 5.32 Å². The number of hydrogen-bond donors (Lipinski definition) is 3. The second kappa shape index (κ2) is 10.3. The number of nitrogens with zero attached hydrogens (tertiary/aromatic N) is 3. The maximum atomic E-state index is 12.6. The van der Waals surface area contributed by atoms with Crippen molar-refractivity contribution in [1.29, 1.82) is 0 Å². The number of nitrogens with one attached hydrogen (secondary N) is 3. The maximum Gasteiger partial charge on any atom is 0.228 e. The van der Waals surface area contributed by atoms with Crippen LogP contribution in [0.5, 0.6) is 0 Å². The lowest BCUT2D eigenvalue weighted by molar-refractivity contribution is -0.120. The molecule has 2 amide bonds. The van der Waals surface area contributed by atoms with Crippen molar-refractivity contribution >= 4 is 40.5 Å². The summed E-state index contributed by atoms with van der Waals surface area (Å²) in [4.78, 5) is 28.7. The standard InChI is InChI=1S/C21H24N6O2S2/c1-4-9-27-18(25-26-21(27)30)10-16-12-31-20(23-16)24-19(29)11-17(22-14(3)28)15-7-5-13(2)6-8-15/h4-8,12,17H,1,9-11H2,2-3H3,(H,22,28)(H,26,30)(H,23,24,29). The molecule has 0 saturated heterocycles. The van der Waals surface area contributed by atoms with Crippen LogP contribution in [0.25, 0.3) is 0 Å². The Kier molecular flexibility index (Phi) is 7.48. The monoisotopic (exact) mass is 456 g/mol. The summed E-state index contributed by atoms with van der Waals surface area (Å²) >= 11 is 6.56. The summed E-state index contributed by atoms with van der Waals surface area (Å²) < 4.78 is 2.37. The van der Waals surface area contributed by atoms with Crippen LogP contribution >= 0.6 is 23.6 Å². The van der Waals surface area contributed by atoms with Crippen molar-refractivity contribution in [2.24, 2.45) is 0 Å². The Labute approximate surface area is 189 Å². The lowest BCUT2D eigenvalue weighted by atomic mass is 10.0. The average Bonchev–Trinajstić information content (AvgIpc) is 3.29. The minimum absolute atomic E-state index is 0.107. The second-order valence-electron chi connectivity index (χ2n) is 7.08. The van der Waals surface area contributed by atoms with Gasteiger partial charge in [-0.2, -0.15) is 5.10 Å². The Morgan fingerprint density at radius 3 is 2.77 bits per heavy atom. The molecule has 0 fully saturated rings. The van der Waals surface area contributed by atoms with Crippen LogP contribution in [0.1, 0.15) is 42.0 Å². The second-order valence-corrected chi connectivity index (χ2v) is 8.33. The van der Waals surface area contributed by atoms with Gasteiger partial charge in [0.1, 0.15) is 5.82 Å². The highest BCUT2D eigenvalue weighted by Gasteiger charge is 2.18. The third kappa shape index (κ3) is 6.19. The zero-order valence-corrected chi connectivity index (χ0v) is 19.0. The summed E-state index contributed by atoms with van der Waals surface area (Å²) in [5.74, 6) is 0.329. The predicted octanol–water partition coefficient (Wildman–Crippen LogP) is 3.69. The minimum atomic E-state index is -0.412. The molecule has 0 aliphatic heterocycles. The zero-order chi connectivity index (χ0) is 22.4.